The molecule has 3 aromatic rings. The third-order valence-electron chi connectivity index (χ3n) is 4.37. The first kappa shape index (κ1) is 23.5. The van der Waals surface area contributed by atoms with Crippen LogP contribution >= 0.6 is 11.3 Å². The predicted molar refractivity (Wildman–Crippen MR) is 120 cm³/mol. The summed E-state index contributed by atoms with van der Waals surface area (Å²) in [4.78, 5) is 27.1. The zero-order valence-corrected chi connectivity index (χ0v) is 18.6. The maximum Gasteiger partial charge on any atom is 0.272 e. The number of primary sulfonamides is 1. The number of ether oxygens (including phenoxy) is 1. The molecule has 0 saturated carbocycles. The van der Waals surface area contributed by atoms with Gasteiger partial charge in [-0.3, -0.25) is 14.9 Å². The Morgan fingerprint density at radius 2 is 2.00 bits per heavy atom. The van der Waals surface area contributed by atoms with Gasteiger partial charge in [0.25, 0.3) is 11.6 Å². The Morgan fingerprint density at radius 3 is 2.62 bits per heavy atom. The van der Waals surface area contributed by atoms with Gasteiger partial charge in [0, 0.05) is 31.4 Å². The standard InChI is InChI=1S/C20H20N4O6S2/c1-2-30-12-11-23-17-9-8-16(32(21,28)29)13-18(17)31-20(23)22-19(25)10-5-14-3-6-15(7-4-14)24(26)27/h3-10,13H,2,11-12H2,1H3,(H2,21,28,29). The average molecular weight is 477 g/mol. The number of nitrogens with two attached hydrogens (primary N) is 1. The van der Waals surface area contributed by atoms with Crippen molar-refractivity contribution in [3.8, 4) is 0 Å². The topological polar surface area (TPSA) is 147 Å². The van der Waals surface area contributed by atoms with Crippen LogP contribution < -0.4 is 9.94 Å². The number of nitro groups is 1. The molecule has 0 saturated heterocycles. The third kappa shape index (κ3) is 5.73. The van der Waals surface area contributed by atoms with Crippen molar-refractivity contribution in [3.05, 3.63) is 69.0 Å². The summed E-state index contributed by atoms with van der Waals surface area (Å²) in [5.74, 6) is -0.535. The van der Waals surface area contributed by atoms with Gasteiger partial charge in [-0.25, -0.2) is 13.6 Å². The first-order chi connectivity index (χ1) is 15.2. The molecule has 0 spiro atoms. The number of benzene rings is 2. The van der Waals surface area contributed by atoms with Gasteiger partial charge < -0.3 is 9.30 Å². The number of rotatable bonds is 8. The van der Waals surface area contributed by atoms with Gasteiger partial charge >= 0.3 is 0 Å². The first-order valence-electron chi connectivity index (χ1n) is 9.44. The van der Waals surface area contributed by atoms with Crippen LogP contribution in [0.25, 0.3) is 16.3 Å². The van der Waals surface area contributed by atoms with Crippen LogP contribution in [0.4, 0.5) is 5.69 Å². The van der Waals surface area contributed by atoms with E-state index in [9.17, 15) is 23.3 Å². The highest BCUT2D eigenvalue weighted by molar-refractivity contribution is 7.89. The van der Waals surface area contributed by atoms with Gasteiger partial charge in [0.05, 0.1) is 26.6 Å². The van der Waals surface area contributed by atoms with Crippen molar-refractivity contribution in [3.63, 3.8) is 0 Å². The smallest absolute Gasteiger partial charge is 0.272 e. The van der Waals surface area contributed by atoms with Gasteiger partial charge in [-0.05, 0) is 48.9 Å². The molecule has 10 nitrogen and oxygen atoms in total. The number of hydrogen-bond donors (Lipinski definition) is 1. The number of non-ortho nitro benzene ring substituents is 1. The second kappa shape index (κ2) is 9.96. The van der Waals surface area contributed by atoms with E-state index in [0.29, 0.717) is 40.3 Å². The number of aromatic nitrogens is 1. The summed E-state index contributed by atoms with van der Waals surface area (Å²) in [6.07, 6.45) is 2.76. The Kier molecular flexibility index (Phi) is 7.30. The van der Waals surface area contributed by atoms with E-state index in [-0.39, 0.29) is 10.6 Å². The SMILES string of the molecule is CCOCCn1c(=NC(=O)C=Cc2ccc([N+](=O)[O-])cc2)sc2cc(S(N)(=O)=O)ccc21. The maximum atomic E-state index is 12.4. The van der Waals surface area contributed by atoms with Crippen LogP contribution in [-0.4, -0.2) is 37.0 Å². The van der Waals surface area contributed by atoms with E-state index in [4.69, 9.17) is 9.88 Å². The van der Waals surface area contributed by atoms with E-state index >= 15 is 0 Å². The zero-order chi connectivity index (χ0) is 23.3. The number of carbonyl (C=O) groups is 1. The van der Waals surface area contributed by atoms with Gasteiger partial charge in [0.15, 0.2) is 4.80 Å². The molecule has 0 atom stereocenters. The van der Waals surface area contributed by atoms with Crippen LogP contribution in [0.15, 0.2) is 58.4 Å². The van der Waals surface area contributed by atoms with Gasteiger partial charge in [-0.15, -0.1) is 0 Å². The molecule has 1 aromatic heterocycles. The molecule has 2 aromatic carbocycles. The molecular formula is C20H20N4O6S2. The number of nitrogens with zero attached hydrogens (tertiary/aromatic N) is 3. The molecule has 1 amide bonds. The summed E-state index contributed by atoms with van der Waals surface area (Å²) in [7, 11) is -3.87. The molecule has 168 valence electrons. The molecule has 2 N–H and O–H groups in total. The van der Waals surface area contributed by atoms with Gasteiger partial charge in [0.1, 0.15) is 0 Å². The normalized spacial score (nSPS) is 12.6. The largest absolute Gasteiger partial charge is 0.380 e. The summed E-state index contributed by atoms with van der Waals surface area (Å²) >= 11 is 1.16. The molecule has 32 heavy (non-hydrogen) atoms. The molecule has 0 aliphatic heterocycles. The first-order valence-corrected chi connectivity index (χ1v) is 11.8. The fourth-order valence-corrected chi connectivity index (χ4v) is 4.55. The zero-order valence-electron chi connectivity index (χ0n) is 17.0. The second-order valence-corrected chi connectivity index (χ2v) is 9.11. The van der Waals surface area contributed by atoms with Crippen LogP contribution in [0.2, 0.25) is 0 Å². The maximum absolute atomic E-state index is 12.4. The lowest BCUT2D eigenvalue weighted by atomic mass is 10.2. The summed E-state index contributed by atoms with van der Waals surface area (Å²) in [6, 6.07) is 10.2. The van der Waals surface area contributed by atoms with E-state index in [1.165, 1.54) is 48.6 Å². The molecule has 0 aliphatic carbocycles. The lowest BCUT2D eigenvalue weighted by molar-refractivity contribution is -0.384. The van der Waals surface area contributed by atoms with Crippen molar-refractivity contribution >= 4 is 49.2 Å². The van der Waals surface area contributed by atoms with Crippen molar-refractivity contribution in [2.24, 2.45) is 10.1 Å². The molecule has 1 heterocycles. The number of nitro benzene ring substituents is 1. The monoisotopic (exact) mass is 476 g/mol. The highest BCUT2D eigenvalue weighted by Gasteiger charge is 2.13. The van der Waals surface area contributed by atoms with Crippen LogP contribution in [0, 0.1) is 10.1 Å². The molecule has 0 fully saturated rings. The minimum absolute atomic E-state index is 0.0286. The summed E-state index contributed by atoms with van der Waals surface area (Å²) < 4.78 is 31.1. The van der Waals surface area contributed by atoms with Gasteiger partial charge in [-0.1, -0.05) is 11.3 Å². The van der Waals surface area contributed by atoms with Crippen molar-refractivity contribution in [2.45, 2.75) is 18.4 Å². The molecule has 0 aliphatic rings. The number of fused-ring (bicyclic) bond motifs is 1. The molecule has 0 bridgehead atoms. The van der Waals surface area contributed by atoms with Crippen molar-refractivity contribution in [1.29, 1.82) is 0 Å². The van der Waals surface area contributed by atoms with E-state index in [1.54, 1.807) is 10.6 Å². The summed E-state index contributed by atoms with van der Waals surface area (Å²) in [6.45, 7) is 3.20. The van der Waals surface area contributed by atoms with Crippen molar-refractivity contribution in [1.82, 2.24) is 4.57 Å². The molecule has 12 heteroatoms. The number of thiazole rings is 1. The predicted octanol–water partition coefficient (Wildman–Crippen LogP) is 2.44. The number of hydrogen-bond acceptors (Lipinski definition) is 7. The Morgan fingerprint density at radius 1 is 1.28 bits per heavy atom. The van der Waals surface area contributed by atoms with Gasteiger partial charge in [0.2, 0.25) is 10.0 Å². The highest BCUT2D eigenvalue weighted by atomic mass is 32.2. The Balaban J connectivity index is 1.95. The van der Waals surface area contributed by atoms with Crippen LogP contribution in [0.1, 0.15) is 12.5 Å². The Bertz CT molecular complexity index is 1350. The van der Waals surface area contributed by atoms with E-state index in [1.807, 2.05) is 6.92 Å². The van der Waals surface area contributed by atoms with Gasteiger partial charge in [-0.2, -0.15) is 4.99 Å². The van der Waals surface area contributed by atoms with Crippen molar-refractivity contribution < 1.29 is 22.9 Å². The lowest BCUT2D eigenvalue weighted by Gasteiger charge is -2.05. The lowest BCUT2D eigenvalue weighted by Crippen LogP contribution is -2.19. The minimum Gasteiger partial charge on any atom is -0.380 e. The molecule has 0 radical (unpaired) electrons. The summed E-state index contributed by atoms with van der Waals surface area (Å²) in [5, 5.41) is 15.9. The van der Waals surface area contributed by atoms with E-state index in [2.05, 4.69) is 4.99 Å². The van der Waals surface area contributed by atoms with Crippen LogP contribution in [0.3, 0.4) is 0 Å². The molecule has 3 rings (SSSR count). The Labute approximate surface area is 187 Å². The minimum atomic E-state index is -3.87. The number of sulfonamides is 1. The van der Waals surface area contributed by atoms with E-state index < -0.39 is 20.9 Å². The van der Waals surface area contributed by atoms with Crippen molar-refractivity contribution in [2.75, 3.05) is 13.2 Å². The number of amides is 1. The van der Waals surface area contributed by atoms with Crippen LogP contribution in [-0.2, 0) is 26.1 Å². The highest BCUT2D eigenvalue weighted by Crippen LogP contribution is 2.21. The fraction of sp³-hybridized carbons (Fsp3) is 0.200. The molecular weight excluding hydrogens is 456 g/mol. The summed E-state index contributed by atoms with van der Waals surface area (Å²) in [5.41, 5.74) is 1.27. The molecule has 0 unspecified atom stereocenters. The fourth-order valence-electron chi connectivity index (χ4n) is 2.84. The Hall–Kier alpha value is -3.19. The van der Waals surface area contributed by atoms with Crippen LogP contribution in [0.5, 0.6) is 0 Å². The average Bonchev–Trinajstić information content (AvgIpc) is 3.08. The third-order valence-corrected chi connectivity index (χ3v) is 6.33. The van der Waals surface area contributed by atoms with E-state index in [0.717, 1.165) is 11.3 Å². The number of carbonyl (C=O) groups excluding carboxylic acids is 1. The quantitative estimate of drug-likeness (QED) is 0.229. The second-order valence-electron chi connectivity index (χ2n) is 6.54.